The predicted molar refractivity (Wildman–Crippen MR) is 61.8 cm³/mol. The highest BCUT2D eigenvalue weighted by Gasteiger charge is 2.19. The first-order chi connectivity index (χ1) is 7.38. The van der Waals surface area contributed by atoms with Gasteiger partial charge in [-0.05, 0) is 37.4 Å². The number of likely N-dealkylation sites (N-methyl/N-ethyl adjacent to an activating group) is 1. The van der Waals surface area contributed by atoms with Gasteiger partial charge in [0.15, 0.2) is 0 Å². The van der Waals surface area contributed by atoms with E-state index in [2.05, 4.69) is 18.4 Å². The molecule has 2 rings (SSSR count). The van der Waals surface area contributed by atoms with E-state index in [1.54, 1.807) is 6.26 Å². The van der Waals surface area contributed by atoms with E-state index in [-0.39, 0.29) is 0 Å². The van der Waals surface area contributed by atoms with Gasteiger partial charge in [-0.15, -0.1) is 0 Å². The summed E-state index contributed by atoms with van der Waals surface area (Å²) in [5.41, 5.74) is 1.31. The molecule has 1 aliphatic rings. The van der Waals surface area contributed by atoms with Gasteiger partial charge in [0.1, 0.15) is 0 Å². The minimum Gasteiger partial charge on any atom is -0.472 e. The molecular formula is C13H21NO. The molecule has 0 aliphatic heterocycles. The Kier molecular flexibility index (Phi) is 3.84. The maximum Gasteiger partial charge on any atom is 0.0935 e. The monoisotopic (exact) mass is 207 g/mol. The van der Waals surface area contributed by atoms with Crippen LogP contribution in [0.15, 0.2) is 23.0 Å². The van der Waals surface area contributed by atoms with Crippen LogP contribution in [0.1, 0.15) is 37.7 Å². The van der Waals surface area contributed by atoms with E-state index in [1.165, 1.54) is 37.7 Å². The van der Waals surface area contributed by atoms with Gasteiger partial charge in [0, 0.05) is 6.04 Å². The Bertz CT molecular complexity index is 262. The Labute approximate surface area is 92.1 Å². The number of rotatable bonds is 5. The van der Waals surface area contributed by atoms with E-state index in [0.29, 0.717) is 6.04 Å². The predicted octanol–water partition coefficient (Wildman–Crippen LogP) is 2.99. The summed E-state index contributed by atoms with van der Waals surface area (Å²) in [6, 6.07) is 2.68. The van der Waals surface area contributed by atoms with Crippen molar-refractivity contribution in [1.29, 1.82) is 0 Å². The molecule has 0 bridgehead atoms. The maximum atomic E-state index is 5.10. The van der Waals surface area contributed by atoms with E-state index >= 15 is 0 Å². The van der Waals surface area contributed by atoms with Crippen LogP contribution >= 0.6 is 0 Å². The second-order valence-corrected chi connectivity index (χ2v) is 4.71. The Morgan fingerprint density at radius 3 is 2.87 bits per heavy atom. The van der Waals surface area contributed by atoms with Crippen molar-refractivity contribution in [2.45, 2.75) is 44.6 Å². The molecule has 2 nitrogen and oxygen atoms in total. The summed E-state index contributed by atoms with van der Waals surface area (Å²) in [5.74, 6) is 0.953. The van der Waals surface area contributed by atoms with Gasteiger partial charge in [-0.1, -0.05) is 25.7 Å². The maximum absolute atomic E-state index is 5.10. The highest BCUT2D eigenvalue weighted by Crippen LogP contribution is 2.29. The van der Waals surface area contributed by atoms with E-state index < -0.39 is 0 Å². The lowest BCUT2D eigenvalue weighted by Crippen LogP contribution is -2.29. The van der Waals surface area contributed by atoms with Crippen LogP contribution in [0.4, 0.5) is 0 Å². The highest BCUT2D eigenvalue weighted by molar-refractivity contribution is 5.07. The van der Waals surface area contributed by atoms with Crippen molar-refractivity contribution >= 4 is 0 Å². The summed E-state index contributed by atoms with van der Waals surface area (Å²) < 4.78 is 5.10. The summed E-state index contributed by atoms with van der Waals surface area (Å²) in [4.78, 5) is 0. The van der Waals surface area contributed by atoms with Crippen LogP contribution in [0.2, 0.25) is 0 Å². The molecule has 2 heteroatoms. The van der Waals surface area contributed by atoms with Crippen molar-refractivity contribution in [1.82, 2.24) is 5.32 Å². The molecule has 1 N–H and O–H groups in total. The summed E-state index contributed by atoms with van der Waals surface area (Å²) >= 11 is 0. The SMILES string of the molecule is CNC(Cc1ccoc1)CC1CCCC1. The number of hydrogen-bond donors (Lipinski definition) is 1. The van der Waals surface area contributed by atoms with Crippen LogP contribution in [0.5, 0.6) is 0 Å². The standard InChI is InChI=1S/C13H21NO/c1-14-13(8-11-4-2-3-5-11)9-12-6-7-15-10-12/h6-7,10-11,13-14H,2-5,8-9H2,1H3. The molecule has 1 fully saturated rings. The molecule has 1 aromatic heterocycles. The molecule has 15 heavy (non-hydrogen) atoms. The fourth-order valence-electron chi connectivity index (χ4n) is 2.64. The van der Waals surface area contributed by atoms with Crippen molar-refractivity contribution in [2.24, 2.45) is 5.92 Å². The molecule has 0 radical (unpaired) electrons. The van der Waals surface area contributed by atoms with Gasteiger partial charge in [0.05, 0.1) is 12.5 Å². The van der Waals surface area contributed by atoms with Crippen molar-refractivity contribution < 1.29 is 4.42 Å². The minimum absolute atomic E-state index is 0.616. The molecule has 84 valence electrons. The normalized spacial score (nSPS) is 19.5. The molecule has 1 unspecified atom stereocenters. The Morgan fingerprint density at radius 1 is 1.47 bits per heavy atom. The Hall–Kier alpha value is -0.760. The number of furan rings is 1. The first-order valence-electron chi connectivity index (χ1n) is 6.07. The fraction of sp³-hybridized carbons (Fsp3) is 0.692. The van der Waals surface area contributed by atoms with Crippen molar-refractivity contribution in [2.75, 3.05) is 7.05 Å². The van der Waals surface area contributed by atoms with Gasteiger partial charge < -0.3 is 9.73 Å². The average molecular weight is 207 g/mol. The zero-order valence-corrected chi connectivity index (χ0v) is 9.54. The third-order valence-corrected chi connectivity index (χ3v) is 3.56. The summed E-state index contributed by atoms with van der Waals surface area (Å²) in [5, 5.41) is 3.43. The highest BCUT2D eigenvalue weighted by atomic mass is 16.3. The van der Waals surface area contributed by atoms with Crippen LogP contribution < -0.4 is 5.32 Å². The number of hydrogen-bond acceptors (Lipinski definition) is 2. The average Bonchev–Trinajstić information content (AvgIpc) is 2.89. The third-order valence-electron chi connectivity index (χ3n) is 3.56. The number of nitrogens with one attached hydrogen (secondary N) is 1. The van der Waals surface area contributed by atoms with Crippen molar-refractivity contribution in [3.63, 3.8) is 0 Å². The molecule has 1 aliphatic carbocycles. The molecule has 0 amide bonds. The van der Waals surface area contributed by atoms with Crippen molar-refractivity contribution in [3.05, 3.63) is 24.2 Å². The third kappa shape index (κ3) is 3.10. The van der Waals surface area contributed by atoms with Gasteiger partial charge in [0.2, 0.25) is 0 Å². The second-order valence-electron chi connectivity index (χ2n) is 4.71. The molecule has 1 atom stereocenters. The van der Waals surface area contributed by atoms with Gasteiger partial charge in [-0.25, -0.2) is 0 Å². The van der Waals surface area contributed by atoms with E-state index in [4.69, 9.17) is 4.42 Å². The fourth-order valence-corrected chi connectivity index (χ4v) is 2.64. The second kappa shape index (κ2) is 5.36. The molecular weight excluding hydrogens is 186 g/mol. The summed E-state index contributed by atoms with van der Waals surface area (Å²) in [6.45, 7) is 0. The topological polar surface area (TPSA) is 25.2 Å². The molecule has 1 aromatic rings. The van der Waals surface area contributed by atoms with Gasteiger partial charge in [-0.3, -0.25) is 0 Å². The summed E-state index contributed by atoms with van der Waals surface area (Å²) in [7, 11) is 2.07. The molecule has 1 saturated carbocycles. The van der Waals surface area contributed by atoms with Crippen LogP contribution in [0.3, 0.4) is 0 Å². The van der Waals surface area contributed by atoms with Gasteiger partial charge in [0.25, 0.3) is 0 Å². The molecule has 0 saturated heterocycles. The zero-order valence-electron chi connectivity index (χ0n) is 9.54. The first-order valence-corrected chi connectivity index (χ1v) is 6.07. The van der Waals surface area contributed by atoms with Crippen LogP contribution in [-0.4, -0.2) is 13.1 Å². The van der Waals surface area contributed by atoms with Gasteiger partial charge >= 0.3 is 0 Å². The van der Waals surface area contributed by atoms with E-state index in [1.807, 2.05) is 6.26 Å². The molecule has 1 heterocycles. The lowest BCUT2D eigenvalue weighted by atomic mass is 9.95. The lowest BCUT2D eigenvalue weighted by molar-refractivity contribution is 0.401. The van der Waals surface area contributed by atoms with Gasteiger partial charge in [-0.2, -0.15) is 0 Å². The zero-order chi connectivity index (χ0) is 10.5. The quantitative estimate of drug-likeness (QED) is 0.803. The lowest BCUT2D eigenvalue weighted by Gasteiger charge is -2.19. The van der Waals surface area contributed by atoms with Crippen LogP contribution in [0, 0.1) is 5.92 Å². The first kappa shape index (κ1) is 10.7. The van der Waals surface area contributed by atoms with Crippen molar-refractivity contribution in [3.8, 4) is 0 Å². The minimum atomic E-state index is 0.616. The van der Waals surface area contributed by atoms with E-state index in [0.717, 1.165) is 12.3 Å². The molecule has 0 aromatic carbocycles. The largest absolute Gasteiger partial charge is 0.472 e. The Morgan fingerprint density at radius 2 is 2.27 bits per heavy atom. The Balaban J connectivity index is 1.81. The van der Waals surface area contributed by atoms with Crippen LogP contribution in [-0.2, 0) is 6.42 Å². The smallest absolute Gasteiger partial charge is 0.0935 e. The van der Waals surface area contributed by atoms with Crippen LogP contribution in [0.25, 0.3) is 0 Å². The van der Waals surface area contributed by atoms with E-state index in [9.17, 15) is 0 Å². The molecule has 0 spiro atoms. The summed E-state index contributed by atoms with van der Waals surface area (Å²) in [6.07, 6.45) is 11.8.